The van der Waals surface area contributed by atoms with Crippen molar-refractivity contribution in [1.29, 1.82) is 0 Å². The Kier molecular flexibility index (Phi) is 7.36. The Bertz CT molecular complexity index is 687. The first kappa shape index (κ1) is 20.1. The number of benzene rings is 1. The molecule has 26 heavy (non-hydrogen) atoms. The van der Waals surface area contributed by atoms with Crippen molar-refractivity contribution >= 4 is 35.0 Å². The molecule has 0 radical (unpaired) electrons. The summed E-state index contributed by atoms with van der Waals surface area (Å²) in [4.78, 5) is 4.24. The molecule has 0 N–H and O–H groups in total. The lowest BCUT2D eigenvalue weighted by atomic mass is 9.72. The molecule has 1 aromatic heterocycles. The third-order valence-corrected chi connectivity index (χ3v) is 7.77. The first-order valence-corrected chi connectivity index (χ1v) is 11.4. The Labute approximate surface area is 171 Å². The Balaban J connectivity index is 1.74. The van der Waals surface area contributed by atoms with Crippen molar-refractivity contribution < 1.29 is 0 Å². The summed E-state index contributed by atoms with van der Waals surface area (Å²) in [7, 11) is 0. The van der Waals surface area contributed by atoms with Crippen LogP contribution in [0.25, 0.3) is 0 Å². The number of thioether (sulfide) groups is 1. The molecule has 0 bridgehead atoms. The van der Waals surface area contributed by atoms with E-state index in [1.165, 1.54) is 31.2 Å². The quantitative estimate of drug-likeness (QED) is 0.490. The largest absolute Gasteiger partial charge is 0.336 e. The van der Waals surface area contributed by atoms with Crippen LogP contribution in [0.5, 0.6) is 0 Å². The van der Waals surface area contributed by atoms with Crippen LogP contribution in [0, 0.1) is 17.8 Å². The van der Waals surface area contributed by atoms with Crippen molar-refractivity contribution in [3.05, 3.63) is 52.5 Å². The van der Waals surface area contributed by atoms with Gasteiger partial charge in [-0.3, -0.25) is 0 Å². The third-order valence-electron chi connectivity index (χ3n) is 5.61. The molecule has 0 aliphatic heterocycles. The zero-order chi connectivity index (χ0) is 18.5. The number of aromatic nitrogens is 2. The molecule has 3 unspecified atom stereocenters. The molecule has 3 atom stereocenters. The van der Waals surface area contributed by atoms with E-state index in [2.05, 4.69) is 47.4 Å². The molecule has 0 saturated heterocycles. The van der Waals surface area contributed by atoms with Gasteiger partial charge in [-0.2, -0.15) is 11.8 Å². The molecule has 1 fully saturated rings. The molecular formula is C21H28Cl2N2S. The zero-order valence-electron chi connectivity index (χ0n) is 15.6. The first-order valence-electron chi connectivity index (χ1n) is 9.56. The topological polar surface area (TPSA) is 17.8 Å². The molecular weight excluding hydrogens is 383 g/mol. The molecule has 0 amide bonds. The number of hydrogen-bond acceptors (Lipinski definition) is 2. The number of nitrogens with zero attached hydrogens (tertiary/aromatic N) is 2. The van der Waals surface area contributed by atoms with Gasteiger partial charge in [0.05, 0.1) is 16.4 Å². The summed E-state index contributed by atoms with van der Waals surface area (Å²) in [5.41, 5.74) is 1.25. The summed E-state index contributed by atoms with van der Waals surface area (Å²) in [6, 6.07) is 6.00. The van der Waals surface area contributed by atoms with Crippen molar-refractivity contribution in [2.45, 2.75) is 57.1 Å². The van der Waals surface area contributed by atoms with Gasteiger partial charge in [0.2, 0.25) is 0 Å². The first-order chi connectivity index (χ1) is 12.5. The van der Waals surface area contributed by atoms with Crippen LogP contribution in [0.2, 0.25) is 10.0 Å². The van der Waals surface area contributed by atoms with Gasteiger partial charge in [-0.15, -0.1) is 0 Å². The van der Waals surface area contributed by atoms with Crippen molar-refractivity contribution in [2.75, 3.05) is 0 Å². The van der Waals surface area contributed by atoms with Crippen LogP contribution in [0.4, 0.5) is 0 Å². The Morgan fingerprint density at radius 3 is 2.58 bits per heavy atom. The monoisotopic (exact) mass is 410 g/mol. The maximum atomic E-state index is 6.20. The standard InChI is InChI=1S/C21H28Cl2N2S/c1-15(2)17-5-3-4-6-18(17)21(12-25-10-9-24-14-25)26-13-16-7-8-19(22)20(23)11-16/h7-11,14-15,17-18,21H,3-6,12-13H2,1-2H3. The van der Waals surface area contributed by atoms with E-state index >= 15 is 0 Å². The van der Waals surface area contributed by atoms with Gasteiger partial charge in [-0.1, -0.05) is 56.0 Å². The summed E-state index contributed by atoms with van der Waals surface area (Å²) in [6.45, 7) is 5.81. The van der Waals surface area contributed by atoms with E-state index in [9.17, 15) is 0 Å². The fourth-order valence-electron chi connectivity index (χ4n) is 4.22. The van der Waals surface area contributed by atoms with E-state index < -0.39 is 0 Å². The smallest absolute Gasteiger partial charge is 0.0946 e. The maximum Gasteiger partial charge on any atom is 0.0946 e. The van der Waals surface area contributed by atoms with Crippen molar-refractivity contribution in [3.8, 4) is 0 Å². The zero-order valence-corrected chi connectivity index (χ0v) is 17.9. The van der Waals surface area contributed by atoms with Crippen molar-refractivity contribution in [3.63, 3.8) is 0 Å². The predicted molar refractivity (Wildman–Crippen MR) is 114 cm³/mol. The second-order valence-electron chi connectivity index (χ2n) is 7.71. The van der Waals surface area contributed by atoms with E-state index in [1.807, 2.05) is 24.7 Å². The van der Waals surface area contributed by atoms with Gasteiger partial charge in [0, 0.05) is 29.9 Å². The molecule has 2 nitrogen and oxygen atoms in total. The third kappa shape index (κ3) is 5.21. The molecule has 1 aliphatic carbocycles. The van der Waals surface area contributed by atoms with Crippen LogP contribution in [0.1, 0.15) is 45.1 Å². The van der Waals surface area contributed by atoms with E-state index in [4.69, 9.17) is 23.2 Å². The Morgan fingerprint density at radius 1 is 1.15 bits per heavy atom. The minimum absolute atomic E-state index is 0.589. The Hall–Kier alpha value is -0.640. The minimum atomic E-state index is 0.589. The van der Waals surface area contributed by atoms with Gasteiger partial charge in [0.25, 0.3) is 0 Å². The lowest BCUT2D eigenvalue weighted by molar-refractivity contribution is 0.171. The van der Waals surface area contributed by atoms with E-state index in [0.717, 1.165) is 30.1 Å². The summed E-state index contributed by atoms with van der Waals surface area (Å²) < 4.78 is 2.23. The summed E-state index contributed by atoms with van der Waals surface area (Å²) >= 11 is 14.3. The lowest BCUT2D eigenvalue weighted by Gasteiger charge is -2.39. The van der Waals surface area contributed by atoms with Crippen LogP contribution >= 0.6 is 35.0 Å². The number of imidazole rings is 1. The fraction of sp³-hybridized carbons (Fsp3) is 0.571. The molecule has 1 aromatic carbocycles. The van der Waals surface area contributed by atoms with Crippen molar-refractivity contribution in [1.82, 2.24) is 9.55 Å². The van der Waals surface area contributed by atoms with E-state index in [1.54, 1.807) is 0 Å². The Morgan fingerprint density at radius 2 is 1.92 bits per heavy atom. The van der Waals surface area contributed by atoms with Gasteiger partial charge in [-0.25, -0.2) is 4.98 Å². The van der Waals surface area contributed by atoms with Crippen LogP contribution in [0.3, 0.4) is 0 Å². The summed E-state index contributed by atoms with van der Waals surface area (Å²) in [5, 5.41) is 1.86. The minimum Gasteiger partial charge on any atom is -0.336 e. The maximum absolute atomic E-state index is 6.20. The van der Waals surface area contributed by atoms with Gasteiger partial charge in [0.1, 0.15) is 0 Å². The highest BCUT2D eigenvalue weighted by molar-refractivity contribution is 7.99. The predicted octanol–water partition coefficient (Wildman–Crippen LogP) is 6.95. The number of halogens is 2. The molecule has 1 heterocycles. The second kappa shape index (κ2) is 9.52. The van der Waals surface area contributed by atoms with Gasteiger partial charge in [0.15, 0.2) is 0 Å². The van der Waals surface area contributed by atoms with E-state index in [0.29, 0.717) is 15.3 Å². The summed E-state index contributed by atoms with van der Waals surface area (Å²) in [5.74, 6) is 3.30. The van der Waals surface area contributed by atoms with Gasteiger partial charge < -0.3 is 4.57 Å². The normalized spacial score (nSPS) is 21.9. The van der Waals surface area contributed by atoms with Gasteiger partial charge in [-0.05, 0) is 48.3 Å². The van der Waals surface area contributed by atoms with Crippen molar-refractivity contribution in [2.24, 2.45) is 17.8 Å². The van der Waals surface area contributed by atoms with Crippen LogP contribution in [-0.4, -0.2) is 14.8 Å². The highest BCUT2D eigenvalue weighted by Crippen LogP contribution is 2.42. The fourth-order valence-corrected chi connectivity index (χ4v) is 5.99. The summed E-state index contributed by atoms with van der Waals surface area (Å²) in [6.07, 6.45) is 11.4. The average molecular weight is 411 g/mol. The van der Waals surface area contributed by atoms with Crippen LogP contribution in [-0.2, 0) is 12.3 Å². The lowest BCUT2D eigenvalue weighted by Crippen LogP contribution is -2.34. The van der Waals surface area contributed by atoms with Crippen LogP contribution < -0.4 is 0 Å². The molecule has 1 aliphatic rings. The number of hydrogen-bond donors (Lipinski definition) is 0. The molecule has 5 heteroatoms. The van der Waals surface area contributed by atoms with Gasteiger partial charge >= 0.3 is 0 Å². The average Bonchev–Trinajstić information content (AvgIpc) is 3.14. The molecule has 2 aromatic rings. The highest BCUT2D eigenvalue weighted by Gasteiger charge is 2.33. The van der Waals surface area contributed by atoms with E-state index in [-0.39, 0.29) is 0 Å². The van der Waals surface area contributed by atoms with Crippen LogP contribution in [0.15, 0.2) is 36.9 Å². The molecule has 0 spiro atoms. The SMILES string of the molecule is CC(C)C1CCCCC1C(Cn1ccnc1)SCc1ccc(Cl)c(Cl)c1. The molecule has 1 saturated carbocycles. The highest BCUT2D eigenvalue weighted by atomic mass is 35.5. The molecule has 3 rings (SSSR count). The molecule has 142 valence electrons. The second-order valence-corrected chi connectivity index (χ2v) is 9.76. The number of rotatable bonds is 7.